The lowest BCUT2D eigenvalue weighted by Gasteiger charge is -2.22. The Morgan fingerprint density at radius 3 is 2.03 bits per heavy atom. The maximum atomic E-state index is 4.90. The molecule has 5 nitrogen and oxygen atoms in total. The minimum Gasteiger partial charge on any atom is -0.347 e. The molecule has 0 spiro atoms. The van der Waals surface area contributed by atoms with Crippen molar-refractivity contribution in [3.63, 3.8) is 0 Å². The lowest BCUT2D eigenvalue weighted by Crippen LogP contribution is -2.17. The molecule has 0 N–H and O–H groups in total. The van der Waals surface area contributed by atoms with Crippen molar-refractivity contribution >= 4 is 5.95 Å². The first kappa shape index (κ1) is 23.2. The first-order valence-electron chi connectivity index (χ1n) is 12.2. The molecule has 0 saturated carbocycles. The molecular formula is C30H33N5. The SMILES string of the molecule is Cc1cc(-c2nc(-c3ccccc3)nc(N(C)C)n2)cnc1-c1ccc2c(c1)C(C)(C)CC2(C)C. The molecule has 2 aromatic carbocycles. The van der Waals surface area contributed by atoms with Crippen LogP contribution in [0.5, 0.6) is 0 Å². The summed E-state index contributed by atoms with van der Waals surface area (Å²) in [5, 5.41) is 0. The van der Waals surface area contributed by atoms with Gasteiger partial charge in [0.1, 0.15) is 0 Å². The summed E-state index contributed by atoms with van der Waals surface area (Å²) in [5.74, 6) is 1.91. The average Bonchev–Trinajstić information content (AvgIpc) is 3.02. The Labute approximate surface area is 208 Å². The normalized spacial score (nSPS) is 15.6. The van der Waals surface area contributed by atoms with E-state index >= 15 is 0 Å². The van der Waals surface area contributed by atoms with Crippen molar-refractivity contribution in [2.75, 3.05) is 19.0 Å². The zero-order valence-corrected chi connectivity index (χ0v) is 21.7. The highest BCUT2D eigenvalue weighted by Gasteiger charge is 2.41. The minimum atomic E-state index is 0.157. The van der Waals surface area contributed by atoms with Crippen LogP contribution in [0.15, 0.2) is 60.8 Å². The molecule has 0 aliphatic heterocycles. The van der Waals surface area contributed by atoms with Gasteiger partial charge in [0, 0.05) is 37.0 Å². The van der Waals surface area contributed by atoms with Crippen LogP contribution in [-0.4, -0.2) is 34.0 Å². The Bertz CT molecular complexity index is 1400. The molecule has 0 saturated heterocycles. The standard InChI is InChI=1S/C30H33N5/c1-19-15-22(27-32-26(20-11-9-8-10-12-20)33-28(34-27)35(6)7)17-31-25(19)21-13-14-23-24(16-21)30(4,5)18-29(23,2)3/h8-17H,18H2,1-7H3. The van der Waals surface area contributed by atoms with Gasteiger partial charge in [-0.25, -0.2) is 4.98 Å². The third kappa shape index (κ3) is 4.20. The van der Waals surface area contributed by atoms with Crippen molar-refractivity contribution in [3.8, 4) is 34.0 Å². The third-order valence-corrected chi connectivity index (χ3v) is 7.03. The maximum Gasteiger partial charge on any atom is 0.228 e. The van der Waals surface area contributed by atoms with Gasteiger partial charge in [0.15, 0.2) is 11.6 Å². The molecule has 1 aliphatic rings. The molecule has 4 aromatic rings. The van der Waals surface area contributed by atoms with Crippen LogP contribution in [0.25, 0.3) is 34.0 Å². The largest absolute Gasteiger partial charge is 0.347 e. The highest BCUT2D eigenvalue weighted by molar-refractivity contribution is 5.70. The molecule has 2 aromatic heterocycles. The maximum absolute atomic E-state index is 4.90. The Morgan fingerprint density at radius 2 is 1.37 bits per heavy atom. The summed E-state index contributed by atoms with van der Waals surface area (Å²) in [6.07, 6.45) is 3.04. The number of aryl methyl sites for hydroxylation is 1. The monoisotopic (exact) mass is 463 g/mol. The fraction of sp³-hybridized carbons (Fsp3) is 0.333. The van der Waals surface area contributed by atoms with Crippen molar-refractivity contribution in [2.45, 2.75) is 51.9 Å². The molecule has 1 aliphatic carbocycles. The average molecular weight is 464 g/mol. The Morgan fingerprint density at radius 1 is 0.714 bits per heavy atom. The van der Waals surface area contributed by atoms with Gasteiger partial charge in [0.25, 0.3) is 0 Å². The van der Waals surface area contributed by atoms with Crippen LogP contribution in [0.2, 0.25) is 0 Å². The lowest BCUT2D eigenvalue weighted by atomic mass is 9.82. The quantitative estimate of drug-likeness (QED) is 0.341. The second kappa shape index (κ2) is 8.26. The van der Waals surface area contributed by atoms with Crippen LogP contribution < -0.4 is 4.90 Å². The number of fused-ring (bicyclic) bond motifs is 1. The van der Waals surface area contributed by atoms with Gasteiger partial charge in [-0.2, -0.15) is 9.97 Å². The van der Waals surface area contributed by atoms with E-state index in [2.05, 4.69) is 63.9 Å². The minimum absolute atomic E-state index is 0.157. The van der Waals surface area contributed by atoms with E-state index in [0.717, 1.165) is 34.4 Å². The van der Waals surface area contributed by atoms with Gasteiger partial charge < -0.3 is 4.90 Å². The molecule has 0 atom stereocenters. The number of hydrogen-bond acceptors (Lipinski definition) is 5. The molecule has 0 fully saturated rings. The first-order valence-corrected chi connectivity index (χ1v) is 12.2. The van der Waals surface area contributed by atoms with Crippen molar-refractivity contribution in [1.82, 2.24) is 19.9 Å². The molecular weight excluding hydrogens is 430 g/mol. The smallest absolute Gasteiger partial charge is 0.228 e. The zero-order valence-electron chi connectivity index (χ0n) is 21.7. The lowest BCUT2D eigenvalue weighted by molar-refractivity contribution is 0.403. The molecule has 0 bridgehead atoms. The van der Waals surface area contributed by atoms with E-state index in [0.29, 0.717) is 17.6 Å². The summed E-state index contributed by atoms with van der Waals surface area (Å²) in [7, 11) is 3.88. The molecule has 0 amide bonds. The van der Waals surface area contributed by atoms with Crippen LogP contribution in [0.3, 0.4) is 0 Å². The van der Waals surface area contributed by atoms with Gasteiger partial charge in [-0.05, 0) is 53.0 Å². The molecule has 0 unspecified atom stereocenters. The van der Waals surface area contributed by atoms with E-state index in [1.165, 1.54) is 11.1 Å². The zero-order chi connectivity index (χ0) is 25.0. The summed E-state index contributed by atoms with van der Waals surface area (Å²) in [4.78, 5) is 21.0. The summed E-state index contributed by atoms with van der Waals surface area (Å²) in [6, 6.07) is 19.0. The molecule has 35 heavy (non-hydrogen) atoms. The second-order valence-corrected chi connectivity index (χ2v) is 11.1. The van der Waals surface area contributed by atoms with Crippen molar-refractivity contribution in [3.05, 3.63) is 77.5 Å². The third-order valence-electron chi connectivity index (χ3n) is 7.03. The van der Waals surface area contributed by atoms with Crippen LogP contribution in [-0.2, 0) is 10.8 Å². The number of pyridine rings is 1. The second-order valence-electron chi connectivity index (χ2n) is 11.1. The number of nitrogens with zero attached hydrogens (tertiary/aromatic N) is 5. The molecule has 5 heteroatoms. The molecule has 178 valence electrons. The number of benzene rings is 2. The van der Waals surface area contributed by atoms with E-state index in [1.54, 1.807) is 0 Å². The predicted octanol–water partition coefficient (Wildman–Crippen LogP) is 6.60. The topological polar surface area (TPSA) is 54.8 Å². The van der Waals surface area contributed by atoms with E-state index in [4.69, 9.17) is 15.0 Å². The summed E-state index contributed by atoms with van der Waals surface area (Å²) < 4.78 is 0. The van der Waals surface area contributed by atoms with Gasteiger partial charge in [-0.15, -0.1) is 0 Å². The fourth-order valence-corrected chi connectivity index (χ4v) is 5.55. The molecule has 5 rings (SSSR count). The van der Waals surface area contributed by atoms with Crippen molar-refractivity contribution < 1.29 is 0 Å². The number of aromatic nitrogens is 4. The predicted molar refractivity (Wildman–Crippen MR) is 144 cm³/mol. The summed E-state index contributed by atoms with van der Waals surface area (Å²) >= 11 is 0. The number of anilines is 1. The Hall–Kier alpha value is -3.60. The van der Waals surface area contributed by atoms with Crippen molar-refractivity contribution in [2.24, 2.45) is 0 Å². The van der Waals surface area contributed by atoms with E-state index in [1.807, 2.05) is 55.5 Å². The van der Waals surface area contributed by atoms with Gasteiger partial charge in [-0.1, -0.05) is 70.2 Å². The summed E-state index contributed by atoms with van der Waals surface area (Å²) in [5.41, 5.74) is 8.36. The highest BCUT2D eigenvalue weighted by Crippen LogP contribution is 2.50. The summed E-state index contributed by atoms with van der Waals surface area (Å²) in [6.45, 7) is 11.5. The molecule has 0 radical (unpaired) electrons. The van der Waals surface area contributed by atoms with Crippen LogP contribution in [0.4, 0.5) is 5.95 Å². The number of hydrogen-bond donors (Lipinski definition) is 0. The number of rotatable bonds is 4. The highest BCUT2D eigenvalue weighted by atomic mass is 15.2. The van der Waals surface area contributed by atoms with Crippen LogP contribution >= 0.6 is 0 Å². The van der Waals surface area contributed by atoms with Gasteiger partial charge >= 0.3 is 0 Å². The van der Waals surface area contributed by atoms with Crippen LogP contribution in [0.1, 0.15) is 50.8 Å². The fourth-order valence-electron chi connectivity index (χ4n) is 5.55. The van der Waals surface area contributed by atoms with E-state index < -0.39 is 0 Å². The molecule has 2 heterocycles. The first-order chi connectivity index (χ1) is 16.5. The van der Waals surface area contributed by atoms with Crippen LogP contribution in [0, 0.1) is 6.92 Å². The van der Waals surface area contributed by atoms with E-state index in [-0.39, 0.29) is 10.8 Å². The Kier molecular flexibility index (Phi) is 5.47. The van der Waals surface area contributed by atoms with E-state index in [9.17, 15) is 0 Å². The Balaban J connectivity index is 1.56. The van der Waals surface area contributed by atoms with Gasteiger partial charge in [0.05, 0.1) is 5.69 Å². The van der Waals surface area contributed by atoms with Gasteiger partial charge in [0.2, 0.25) is 5.95 Å². The van der Waals surface area contributed by atoms with Gasteiger partial charge in [-0.3, -0.25) is 4.98 Å². The van der Waals surface area contributed by atoms with Crippen molar-refractivity contribution in [1.29, 1.82) is 0 Å².